The van der Waals surface area contributed by atoms with Crippen molar-refractivity contribution in [3.8, 4) is 28.8 Å². The normalized spacial score (nSPS) is 10.8. The minimum atomic E-state index is -0.281. The number of hydrogen-bond donors (Lipinski definition) is 1. The number of rotatable bonds is 8. The van der Waals surface area contributed by atoms with Crippen molar-refractivity contribution in [1.82, 2.24) is 10.5 Å². The van der Waals surface area contributed by atoms with E-state index in [2.05, 4.69) is 10.5 Å². The zero-order valence-corrected chi connectivity index (χ0v) is 15.7. The molecule has 8 nitrogen and oxygen atoms in total. The summed E-state index contributed by atoms with van der Waals surface area (Å²) in [5.74, 6) is 2.31. The first-order valence-corrected chi connectivity index (χ1v) is 8.40. The molecule has 1 aromatic carbocycles. The Morgan fingerprint density at radius 3 is 2.46 bits per heavy atom. The highest BCUT2D eigenvalue weighted by Gasteiger charge is 2.12. The summed E-state index contributed by atoms with van der Waals surface area (Å²) < 4.78 is 26.3. The van der Waals surface area contributed by atoms with Crippen molar-refractivity contribution < 1.29 is 27.9 Å². The van der Waals surface area contributed by atoms with E-state index in [4.69, 9.17) is 23.2 Å². The quantitative estimate of drug-likeness (QED) is 0.595. The standard InChI is InChI=1S/C20H20N2O6/c1-24-17-9-13(10-18(25-2)20(17)26-3)6-7-19(23)21-12-14-11-16(28-22-14)15-5-4-8-27-15/h4-11H,12H2,1-3H3,(H,21,23)/b7-6-. The van der Waals surface area contributed by atoms with Crippen LogP contribution in [0, 0.1) is 0 Å². The van der Waals surface area contributed by atoms with Crippen LogP contribution >= 0.6 is 0 Å². The number of benzene rings is 1. The molecule has 0 bridgehead atoms. The summed E-state index contributed by atoms with van der Waals surface area (Å²) in [5, 5.41) is 6.65. The number of hydrogen-bond acceptors (Lipinski definition) is 7. The van der Waals surface area contributed by atoms with Crippen LogP contribution in [0.15, 0.2) is 51.6 Å². The number of ether oxygens (including phenoxy) is 3. The zero-order valence-electron chi connectivity index (χ0n) is 15.7. The van der Waals surface area contributed by atoms with Crippen molar-refractivity contribution in [2.24, 2.45) is 0 Å². The third-order valence-electron chi connectivity index (χ3n) is 3.88. The van der Waals surface area contributed by atoms with Crippen LogP contribution in [-0.4, -0.2) is 32.4 Å². The Labute approximate surface area is 161 Å². The van der Waals surface area contributed by atoms with Gasteiger partial charge in [-0.1, -0.05) is 5.16 Å². The number of amides is 1. The molecule has 0 radical (unpaired) electrons. The van der Waals surface area contributed by atoms with Crippen molar-refractivity contribution >= 4 is 12.0 Å². The molecule has 1 amide bonds. The topological polar surface area (TPSA) is 96.0 Å². The fourth-order valence-electron chi connectivity index (χ4n) is 2.54. The average molecular weight is 384 g/mol. The molecule has 0 unspecified atom stereocenters. The number of carbonyl (C=O) groups is 1. The first kappa shape index (κ1) is 19.1. The van der Waals surface area contributed by atoms with Gasteiger partial charge in [0.2, 0.25) is 17.4 Å². The highest BCUT2D eigenvalue weighted by atomic mass is 16.5. The lowest BCUT2D eigenvalue weighted by atomic mass is 10.1. The summed E-state index contributed by atoms with van der Waals surface area (Å²) in [6.45, 7) is 0.225. The largest absolute Gasteiger partial charge is 0.493 e. The predicted octanol–water partition coefficient (Wildman–Crippen LogP) is 3.29. The summed E-state index contributed by atoms with van der Waals surface area (Å²) in [5.41, 5.74) is 1.31. The minimum absolute atomic E-state index is 0.225. The van der Waals surface area contributed by atoms with Crippen LogP contribution in [0.2, 0.25) is 0 Å². The van der Waals surface area contributed by atoms with E-state index in [1.54, 1.807) is 42.7 Å². The van der Waals surface area contributed by atoms with Crippen LogP contribution in [0.5, 0.6) is 17.2 Å². The summed E-state index contributed by atoms with van der Waals surface area (Å²) >= 11 is 0. The summed E-state index contributed by atoms with van der Waals surface area (Å²) in [7, 11) is 4.60. The van der Waals surface area contributed by atoms with E-state index in [9.17, 15) is 4.79 Å². The van der Waals surface area contributed by atoms with E-state index in [0.29, 0.717) is 34.5 Å². The fraction of sp³-hybridized carbons (Fsp3) is 0.200. The van der Waals surface area contributed by atoms with Crippen LogP contribution in [0.25, 0.3) is 17.6 Å². The molecule has 146 valence electrons. The summed E-state index contributed by atoms with van der Waals surface area (Å²) in [4.78, 5) is 12.1. The van der Waals surface area contributed by atoms with E-state index < -0.39 is 0 Å². The van der Waals surface area contributed by atoms with Gasteiger partial charge in [-0.15, -0.1) is 0 Å². The van der Waals surface area contributed by atoms with Gasteiger partial charge >= 0.3 is 0 Å². The van der Waals surface area contributed by atoms with Gasteiger partial charge in [-0.25, -0.2) is 0 Å². The Balaban J connectivity index is 1.62. The van der Waals surface area contributed by atoms with Gasteiger partial charge in [-0.3, -0.25) is 4.79 Å². The number of aromatic nitrogens is 1. The molecule has 0 saturated carbocycles. The summed E-state index contributed by atoms with van der Waals surface area (Å²) in [6, 6.07) is 8.73. The fourth-order valence-corrected chi connectivity index (χ4v) is 2.54. The Bertz CT molecular complexity index is 934. The van der Waals surface area contributed by atoms with Gasteiger partial charge in [0.25, 0.3) is 0 Å². The molecule has 0 spiro atoms. The monoisotopic (exact) mass is 384 g/mol. The number of nitrogens with one attached hydrogen (secondary N) is 1. The van der Waals surface area contributed by atoms with E-state index in [-0.39, 0.29) is 12.5 Å². The molecular weight excluding hydrogens is 364 g/mol. The lowest BCUT2D eigenvalue weighted by molar-refractivity contribution is -0.116. The number of furan rings is 1. The lowest BCUT2D eigenvalue weighted by Gasteiger charge is -2.12. The Morgan fingerprint density at radius 1 is 1.11 bits per heavy atom. The Kier molecular flexibility index (Phi) is 6.01. The molecule has 3 aromatic rings. The molecule has 0 aliphatic heterocycles. The van der Waals surface area contributed by atoms with Crippen molar-refractivity contribution in [3.63, 3.8) is 0 Å². The van der Waals surface area contributed by atoms with Crippen LogP contribution in [-0.2, 0) is 11.3 Å². The third-order valence-corrected chi connectivity index (χ3v) is 3.88. The maximum absolute atomic E-state index is 12.1. The maximum atomic E-state index is 12.1. The van der Waals surface area contributed by atoms with Crippen molar-refractivity contribution in [1.29, 1.82) is 0 Å². The van der Waals surface area contributed by atoms with Crippen molar-refractivity contribution in [3.05, 3.63) is 53.9 Å². The molecule has 1 N–H and O–H groups in total. The molecule has 0 atom stereocenters. The van der Waals surface area contributed by atoms with E-state index in [1.807, 2.05) is 0 Å². The lowest BCUT2D eigenvalue weighted by Crippen LogP contribution is -2.20. The first-order valence-electron chi connectivity index (χ1n) is 8.40. The van der Waals surface area contributed by atoms with Gasteiger partial charge < -0.3 is 28.5 Å². The van der Waals surface area contributed by atoms with Crippen molar-refractivity contribution in [2.75, 3.05) is 21.3 Å². The second-order valence-corrected chi connectivity index (χ2v) is 5.67. The highest BCUT2D eigenvalue weighted by molar-refractivity contribution is 5.91. The molecular formula is C20H20N2O6. The minimum Gasteiger partial charge on any atom is -0.493 e. The second-order valence-electron chi connectivity index (χ2n) is 5.67. The molecule has 8 heteroatoms. The molecule has 0 aliphatic rings. The smallest absolute Gasteiger partial charge is 0.244 e. The van der Waals surface area contributed by atoms with Crippen LogP contribution < -0.4 is 19.5 Å². The van der Waals surface area contributed by atoms with Gasteiger partial charge in [-0.05, 0) is 35.9 Å². The van der Waals surface area contributed by atoms with Crippen LogP contribution in [0.3, 0.4) is 0 Å². The summed E-state index contributed by atoms with van der Waals surface area (Å²) in [6.07, 6.45) is 4.61. The predicted molar refractivity (Wildman–Crippen MR) is 101 cm³/mol. The highest BCUT2D eigenvalue weighted by Crippen LogP contribution is 2.38. The first-order chi connectivity index (χ1) is 13.6. The van der Waals surface area contributed by atoms with Gasteiger partial charge in [0.05, 0.1) is 34.1 Å². The van der Waals surface area contributed by atoms with Crippen LogP contribution in [0.4, 0.5) is 0 Å². The second kappa shape index (κ2) is 8.81. The van der Waals surface area contributed by atoms with E-state index in [0.717, 1.165) is 5.56 Å². The Hall–Kier alpha value is -3.68. The number of methoxy groups -OCH3 is 3. The molecule has 3 rings (SSSR count). The Morgan fingerprint density at radius 2 is 1.86 bits per heavy atom. The molecule has 0 saturated heterocycles. The van der Waals surface area contributed by atoms with Crippen molar-refractivity contribution in [2.45, 2.75) is 6.54 Å². The number of carbonyl (C=O) groups excluding carboxylic acids is 1. The molecule has 0 fully saturated rings. The van der Waals surface area contributed by atoms with E-state index in [1.165, 1.54) is 27.4 Å². The van der Waals surface area contributed by atoms with Gasteiger partial charge in [-0.2, -0.15) is 0 Å². The van der Waals surface area contributed by atoms with Gasteiger partial charge in [0, 0.05) is 12.1 Å². The van der Waals surface area contributed by atoms with E-state index >= 15 is 0 Å². The third kappa shape index (κ3) is 4.35. The average Bonchev–Trinajstić information content (AvgIpc) is 3.41. The van der Waals surface area contributed by atoms with Gasteiger partial charge in [0.1, 0.15) is 5.69 Å². The molecule has 2 aromatic heterocycles. The molecule has 0 aliphatic carbocycles. The molecule has 28 heavy (non-hydrogen) atoms. The molecule has 2 heterocycles. The zero-order chi connectivity index (χ0) is 19.9. The van der Waals surface area contributed by atoms with Gasteiger partial charge in [0.15, 0.2) is 17.3 Å². The SMILES string of the molecule is COc1cc(/C=C\C(=O)NCc2cc(-c3ccco3)on2)cc(OC)c1OC. The maximum Gasteiger partial charge on any atom is 0.244 e. The van der Waals surface area contributed by atoms with Crippen LogP contribution in [0.1, 0.15) is 11.3 Å². The number of nitrogens with zero attached hydrogens (tertiary/aromatic N) is 1.